The monoisotopic (exact) mass is 260 g/mol. The van der Waals surface area contributed by atoms with Gasteiger partial charge in [-0.05, 0) is 28.8 Å². The second kappa shape index (κ2) is 6.08. The molecule has 100 valence electrons. The first kappa shape index (κ1) is 13.2. The fourth-order valence-electron chi connectivity index (χ4n) is 1.85. The van der Waals surface area contributed by atoms with Crippen molar-refractivity contribution >= 4 is 5.97 Å². The van der Waals surface area contributed by atoms with Gasteiger partial charge >= 0.3 is 5.97 Å². The van der Waals surface area contributed by atoms with Gasteiger partial charge < -0.3 is 5.11 Å². The summed E-state index contributed by atoms with van der Waals surface area (Å²) in [7, 11) is 0. The van der Waals surface area contributed by atoms with Gasteiger partial charge in [-0.1, -0.05) is 37.6 Å². The van der Waals surface area contributed by atoms with Crippen LogP contribution in [-0.4, -0.2) is 31.3 Å². The van der Waals surface area contributed by atoms with E-state index in [1.54, 1.807) is 0 Å². The van der Waals surface area contributed by atoms with Crippen LogP contribution in [0, 0.1) is 0 Å². The van der Waals surface area contributed by atoms with E-state index in [4.69, 9.17) is 5.11 Å². The molecule has 6 nitrogen and oxygen atoms in total. The first-order valence-electron chi connectivity index (χ1n) is 6.28. The minimum atomic E-state index is -0.965. The Bertz CT molecular complexity index is 548. The van der Waals surface area contributed by atoms with Crippen LogP contribution in [0.25, 0.3) is 11.4 Å². The molecular weight excluding hydrogens is 244 g/mol. The van der Waals surface area contributed by atoms with Gasteiger partial charge in [0.15, 0.2) is 5.82 Å². The number of carboxylic acids is 1. The molecule has 1 N–H and O–H groups in total. The van der Waals surface area contributed by atoms with E-state index in [0.29, 0.717) is 5.82 Å². The zero-order valence-corrected chi connectivity index (χ0v) is 10.8. The Morgan fingerprint density at radius 1 is 1.32 bits per heavy atom. The Labute approximate surface area is 111 Å². The number of unbranched alkanes of at least 4 members (excludes halogenated alkanes) is 1. The molecule has 0 unspecified atom stereocenters. The van der Waals surface area contributed by atoms with Crippen molar-refractivity contribution in [2.24, 2.45) is 0 Å². The molecule has 1 aromatic carbocycles. The highest BCUT2D eigenvalue weighted by atomic mass is 16.4. The second-order valence-corrected chi connectivity index (χ2v) is 4.35. The molecule has 1 aromatic heterocycles. The van der Waals surface area contributed by atoms with Gasteiger partial charge in [-0.15, -0.1) is 5.10 Å². The molecule has 0 aliphatic rings. The summed E-state index contributed by atoms with van der Waals surface area (Å²) in [5, 5.41) is 19.9. The van der Waals surface area contributed by atoms with E-state index in [2.05, 4.69) is 22.4 Å². The summed E-state index contributed by atoms with van der Waals surface area (Å²) in [5.74, 6) is -0.488. The Morgan fingerprint density at radius 3 is 2.68 bits per heavy atom. The van der Waals surface area contributed by atoms with Crippen LogP contribution >= 0.6 is 0 Å². The predicted octanol–water partition coefficient (Wildman–Crippen LogP) is 1.77. The molecule has 0 aliphatic heterocycles. The predicted molar refractivity (Wildman–Crippen MR) is 69.5 cm³/mol. The van der Waals surface area contributed by atoms with Gasteiger partial charge in [-0.25, -0.2) is 4.68 Å². The third-order valence-corrected chi connectivity index (χ3v) is 2.85. The zero-order valence-electron chi connectivity index (χ0n) is 10.8. The van der Waals surface area contributed by atoms with Crippen molar-refractivity contribution in [2.45, 2.75) is 32.7 Å². The molecule has 0 bridgehead atoms. The maximum absolute atomic E-state index is 10.7. The number of aryl methyl sites for hydroxylation is 1. The number of aromatic nitrogens is 4. The summed E-state index contributed by atoms with van der Waals surface area (Å²) in [6.45, 7) is 1.92. The summed E-state index contributed by atoms with van der Waals surface area (Å²) in [5.41, 5.74) is 2.09. The number of benzene rings is 1. The quantitative estimate of drug-likeness (QED) is 0.856. The zero-order chi connectivity index (χ0) is 13.7. The SMILES string of the molecule is CCCCc1ccc(-c2nnnn2CC(=O)O)cc1. The van der Waals surface area contributed by atoms with Gasteiger partial charge in [0.2, 0.25) is 0 Å². The molecule has 0 saturated heterocycles. The molecule has 0 spiro atoms. The van der Waals surface area contributed by atoms with Crippen molar-refractivity contribution in [3.05, 3.63) is 29.8 Å². The normalized spacial score (nSPS) is 10.6. The summed E-state index contributed by atoms with van der Waals surface area (Å²) >= 11 is 0. The lowest BCUT2D eigenvalue weighted by molar-refractivity contribution is -0.137. The van der Waals surface area contributed by atoms with Crippen LogP contribution in [0.15, 0.2) is 24.3 Å². The molecule has 0 amide bonds. The lowest BCUT2D eigenvalue weighted by atomic mass is 10.1. The average Bonchev–Trinajstić information content (AvgIpc) is 2.84. The molecule has 19 heavy (non-hydrogen) atoms. The van der Waals surface area contributed by atoms with Gasteiger partial charge in [0.1, 0.15) is 6.54 Å². The minimum absolute atomic E-state index is 0.236. The smallest absolute Gasteiger partial charge is 0.325 e. The van der Waals surface area contributed by atoms with Gasteiger partial charge in [0.25, 0.3) is 0 Å². The van der Waals surface area contributed by atoms with Crippen LogP contribution < -0.4 is 0 Å². The van der Waals surface area contributed by atoms with E-state index in [0.717, 1.165) is 18.4 Å². The summed E-state index contributed by atoms with van der Waals surface area (Å²) in [6.07, 6.45) is 3.38. The largest absolute Gasteiger partial charge is 0.480 e. The van der Waals surface area contributed by atoms with E-state index in [1.165, 1.54) is 16.7 Å². The molecule has 0 saturated carbocycles. The number of carboxylic acid groups (broad SMARTS) is 1. The van der Waals surface area contributed by atoms with Crippen LogP contribution in [0.3, 0.4) is 0 Å². The van der Waals surface area contributed by atoms with Crippen LogP contribution in [0.4, 0.5) is 0 Å². The van der Waals surface area contributed by atoms with Crippen molar-refractivity contribution in [2.75, 3.05) is 0 Å². The number of carbonyl (C=O) groups is 1. The van der Waals surface area contributed by atoms with Crippen LogP contribution in [0.5, 0.6) is 0 Å². The van der Waals surface area contributed by atoms with Crippen LogP contribution in [0.1, 0.15) is 25.3 Å². The Kier molecular flexibility index (Phi) is 4.22. The summed E-state index contributed by atoms with van der Waals surface area (Å²) in [4.78, 5) is 10.7. The maximum atomic E-state index is 10.7. The van der Waals surface area contributed by atoms with Crippen molar-refractivity contribution in [1.29, 1.82) is 0 Å². The summed E-state index contributed by atoms with van der Waals surface area (Å²) < 4.78 is 1.28. The number of nitrogens with zero attached hydrogens (tertiary/aromatic N) is 4. The number of hydrogen-bond acceptors (Lipinski definition) is 4. The second-order valence-electron chi connectivity index (χ2n) is 4.35. The molecule has 1 heterocycles. The van der Waals surface area contributed by atoms with Crippen molar-refractivity contribution in [3.63, 3.8) is 0 Å². The first-order valence-corrected chi connectivity index (χ1v) is 6.28. The minimum Gasteiger partial charge on any atom is -0.480 e. The molecule has 2 aromatic rings. The molecular formula is C13H16N4O2. The van der Waals surface area contributed by atoms with E-state index in [9.17, 15) is 4.79 Å². The van der Waals surface area contributed by atoms with E-state index < -0.39 is 5.97 Å². The maximum Gasteiger partial charge on any atom is 0.325 e. The number of rotatable bonds is 6. The average molecular weight is 260 g/mol. The van der Waals surface area contributed by atoms with Gasteiger partial charge in [0.05, 0.1) is 0 Å². The molecule has 0 atom stereocenters. The molecule has 6 heteroatoms. The fourth-order valence-corrected chi connectivity index (χ4v) is 1.85. The number of tetrazole rings is 1. The van der Waals surface area contributed by atoms with Crippen LogP contribution in [0.2, 0.25) is 0 Å². The van der Waals surface area contributed by atoms with Crippen LogP contribution in [-0.2, 0) is 17.8 Å². The van der Waals surface area contributed by atoms with Crippen molar-refractivity contribution in [3.8, 4) is 11.4 Å². The molecule has 0 aliphatic carbocycles. The van der Waals surface area contributed by atoms with Gasteiger partial charge in [-0.3, -0.25) is 4.79 Å². The summed E-state index contributed by atoms with van der Waals surface area (Å²) in [6, 6.07) is 7.92. The van der Waals surface area contributed by atoms with Crippen molar-refractivity contribution < 1.29 is 9.90 Å². The first-order chi connectivity index (χ1) is 9.20. The molecule has 0 fully saturated rings. The number of aliphatic carboxylic acids is 1. The van der Waals surface area contributed by atoms with Gasteiger partial charge in [-0.2, -0.15) is 0 Å². The van der Waals surface area contributed by atoms with E-state index >= 15 is 0 Å². The Balaban J connectivity index is 2.18. The third kappa shape index (κ3) is 3.37. The Hall–Kier alpha value is -2.24. The highest BCUT2D eigenvalue weighted by Gasteiger charge is 2.11. The highest BCUT2D eigenvalue weighted by molar-refractivity contribution is 5.67. The lowest BCUT2D eigenvalue weighted by Crippen LogP contribution is -2.11. The Morgan fingerprint density at radius 2 is 2.05 bits per heavy atom. The highest BCUT2D eigenvalue weighted by Crippen LogP contribution is 2.17. The van der Waals surface area contributed by atoms with Crippen molar-refractivity contribution in [1.82, 2.24) is 20.2 Å². The standard InChI is InChI=1S/C13H16N4O2/c1-2-3-4-10-5-7-11(8-6-10)13-14-15-16-17(13)9-12(18)19/h5-8H,2-4,9H2,1H3,(H,18,19). The molecule has 0 radical (unpaired) electrons. The third-order valence-electron chi connectivity index (χ3n) is 2.85. The fraction of sp³-hybridized carbons (Fsp3) is 0.385. The van der Waals surface area contributed by atoms with Gasteiger partial charge in [0, 0.05) is 5.56 Å². The molecule has 2 rings (SSSR count). The number of hydrogen-bond donors (Lipinski definition) is 1. The van der Waals surface area contributed by atoms with E-state index in [1.807, 2.05) is 24.3 Å². The van der Waals surface area contributed by atoms with E-state index in [-0.39, 0.29) is 6.54 Å². The topological polar surface area (TPSA) is 80.9 Å². The lowest BCUT2D eigenvalue weighted by Gasteiger charge is -2.04.